The second kappa shape index (κ2) is 6.96. The number of amides is 2. The summed E-state index contributed by atoms with van der Waals surface area (Å²) in [5.41, 5.74) is 3.39. The normalized spacial score (nSPS) is 15.2. The summed E-state index contributed by atoms with van der Waals surface area (Å²) in [7, 11) is 0. The summed E-state index contributed by atoms with van der Waals surface area (Å²) in [5.74, 6) is -1.14. The molecule has 1 saturated heterocycles. The second-order valence-corrected chi connectivity index (χ2v) is 6.39. The van der Waals surface area contributed by atoms with E-state index in [1.165, 1.54) is 0 Å². The van der Waals surface area contributed by atoms with Crippen molar-refractivity contribution in [3.05, 3.63) is 41.7 Å². The summed E-state index contributed by atoms with van der Waals surface area (Å²) >= 11 is 0. The number of aryl methyl sites for hydroxylation is 2. The molecule has 2 amide bonds. The van der Waals surface area contributed by atoms with E-state index < -0.39 is 5.97 Å². The van der Waals surface area contributed by atoms with Gasteiger partial charge in [-0.15, -0.1) is 0 Å². The summed E-state index contributed by atoms with van der Waals surface area (Å²) in [6.07, 6.45) is 0.976. The number of nitrogens with zero attached hydrogens (tertiary/aromatic N) is 3. The number of aliphatic carboxylic acids is 1. The fourth-order valence-electron chi connectivity index (χ4n) is 3.16. The molecule has 0 unspecified atom stereocenters. The average molecular weight is 342 g/mol. The monoisotopic (exact) mass is 342 g/mol. The number of piperidine rings is 1. The van der Waals surface area contributed by atoms with Crippen LogP contribution in [0, 0.1) is 19.8 Å². The Labute approximate surface area is 146 Å². The Morgan fingerprint density at radius 2 is 1.88 bits per heavy atom. The molecule has 0 atom stereocenters. The van der Waals surface area contributed by atoms with Gasteiger partial charge in [0.15, 0.2) is 0 Å². The molecule has 2 heterocycles. The molecule has 0 aliphatic carbocycles. The van der Waals surface area contributed by atoms with Gasteiger partial charge in [0.1, 0.15) is 0 Å². The molecule has 1 aliphatic rings. The zero-order chi connectivity index (χ0) is 18.0. The number of carboxylic acids is 1. The molecule has 3 rings (SSSR count). The minimum atomic E-state index is -0.782. The van der Waals surface area contributed by atoms with Crippen molar-refractivity contribution in [3.8, 4) is 5.69 Å². The number of nitrogens with one attached hydrogen (secondary N) is 1. The first kappa shape index (κ1) is 17.0. The predicted molar refractivity (Wildman–Crippen MR) is 94.0 cm³/mol. The van der Waals surface area contributed by atoms with E-state index in [-0.39, 0.29) is 11.9 Å². The van der Waals surface area contributed by atoms with Gasteiger partial charge < -0.3 is 15.3 Å². The van der Waals surface area contributed by atoms with E-state index in [0.717, 1.165) is 17.1 Å². The topological polar surface area (TPSA) is 87.5 Å². The number of likely N-dealkylation sites (tertiary alicyclic amines) is 1. The molecule has 2 N–H and O–H groups in total. The third-order valence-electron chi connectivity index (χ3n) is 4.51. The first-order valence-electron chi connectivity index (χ1n) is 8.37. The largest absolute Gasteiger partial charge is 0.481 e. The smallest absolute Gasteiger partial charge is 0.321 e. The molecular weight excluding hydrogens is 320 g/mol. The molecule has 132 valence electrons. The molecule has 1 aromatic heterocycles. The lowest BCUT2D eigenvalue weighted by Gasteiger charge is -2.30. The van der Waals surface area contributed by atoms with E-state index >= 15 is 0 Å². The van der Waals surface area contributed by atoms with Crippen molar-refractivity contribution in [1.29, 1.82) is 0 Å². The van der Waals surface area contributed by atoms with Crippen molar-refractivity contribution < 1.29 is 14.7 Å². The van der Waals surface area contributed by atoms with Crippen LogP contribution in [0.2, 0.25) is 0 Å². The van der Waals surface area contributed by atoms with Crippen LogP contribution in [-0.4, -0.2) is 44.9 Å². The zero-order valence-corrected chi connectivity index (χ0v) is 14.4. The molecule has 7 heteroatoms. The third kappa shape index (κ3) is 3.65. The number of hydrogen-bond acceptors (Lipinski definition) is 3. The maximum absolute atomic E-state index is 12.6. The van der Waals surface area contributed by atoms with Crippen molar-refractivity contribution >= 4 is 17.7 Å². The summed E-state index contributed by atoms with van der Waals surface area (Å²) in [4.78, 5) is 25.2. The molecule has 0 radical (unpaired) electrons. The third-order valence-corrected chi connectivity index (χ3v) is 4.51. The highest BCUT2D eigenvalue weighted by molar-refractivity contribution is 5.91. The van der Waals surface area contributed by atoms with E-state index in [1.54, 1.807) is 4.90 Å². The number of anilines is 1. The Balaban J connectivity index is 1.75. The fraction of sp³-hybridized carbons (Fsp3) is 0.389. The molecule has 25 heavy (non-hydrogen) atoms. The van der Waals surface area contributed by atoms with Crippen molar-refractivity contribution in [2.45, 2.75) is 26.7 Å². The van der Waals surface area contributed by atoms with Gasteiger partial charge in [-0.3, -0.25) is 4.79 Å². The number of urea groups is 1. The average Bonchev–Trinajstić information content (AvgIpc) is 2.93. The van der Waals surface area contributed by atoms with E-state index in [2.05, 4.69) is 10.4 Å². The Morgan fingerprint density at radius 3 is 2.48 bits per heavy atom. The number of rotatable bonds is 3. The highest BCUT2D eigenvalue weighted by Crippen LogP contribution is 2.23. The van der Waals surface area contributed by atoms with Gasteiger partial charge >= 0.3 is 12.0 Å². The highest BCUT2D eigenvalue weighted by atomic mass is 16.4. The van der Waals surface area contributed by atoms with Crippen LogP contribution in [-0.2, 0) is 4.79 Å². The van der Waals surface area contributed by atoms with Crippen LogP contribution >= 0.6 is 0 Å². The summed E-state index contributed by atoms with van der Waals surface area (Å²) in [6, 6.07) is 9.29. The molecule has 1 fully saturated rings. The number of para-hydroxylation sites is 2. The van der Waals surface area contributed by atoms with Crippen molar-refractivity contribution in [2.24, 2.45) is 5.92 Å². The molecular formula is C18H22N4O3. The van der Waals surface area contributed by atoms with Gasteiger partial charge in [-0.2, -0.15) is 5.10 Å². The van der Waals surface area contributed by atoms with Crippen LogP contribution in [0.1, 0.15) is 24.2 Å². The number of hydrogen-bond donors (Lipinski definition) is 2. The molecule has 1 aliphatic heterocycles. The van der Waals surface area contributed by atoms with E-state index in [4.69, 9.17) is 5.11 Å². The van der Waals surface area contributed by atoms with Crippen LogP contribution in [0.3, 0.4) is 0 Å². The zero-order valence-electron chi connectivity index (χ0n) is 14.4. The lowest BCUT2D eigenvalue weighted by molar-refractivity contribution is -0.143. The second-order valence-electron chi connectivity index (χ2n) is 6.39. The van der Waals surface area contributed by atoms with E-state index in [9.17, 15) is 9.59 Å². The van der Waals surface area contributed by atoms with Crippen LogP contribution in [0.4, 0.5) is 10.5 Å². The first-order valence-corrected chi connectivity index (χ1v) is 8.37. The summed E-state index contributed by atoms with van der Waals surface area (Å²) < 4.78 is 1.81. The number of benzene rings is 1. The summed E-state index contributed by atoms with van der Waals surface area (Å²) in [6.45, 7) is 4.79. The number of carbonyl (C=O) groups excluding carboxylic acids is 1. The Kier molecular flexibility index (Phi) is 4.74. The van der Waals surface area contributed by atoms with Gasteiger partial charge in [-0.05, 0) is 44.9 Å². The quantitative estimate of drug-likeness (QED) is 0.898. The molecule has 0 saturated carbocycles. The predicted octanol–water partition coefficient (Wildman–Crippen LogP) is 2.82. The van der Waals surface area contributed by atoms with Gasteiger partial charge in [-0.25, -0.2) is 9.48 Å². The minimum absolute atomic E-state index is 0.210. The Morgan fingerprint density at radius 1 is 1.20 bits per heavy atom. The number of carbonyl (C=O) groups is 2. The standard InChI is InChI=1S/C18H22N4O3/c1-12-11-13(2)22(20-12)16-6-4-3-5-15(16)19-18(25)21-9-7-14(8-10-21)17(23)24/h3-6,11,14H,7-10H2,1-2H3,(H,19,25)(H,23,24). The Bertz CT molecular complexity index is 791. The van der Waals surface area contributed by atoms with Crippen LogP contribution in [0.15, 0.2) is 30.3 Å². The molecule has 1 aromatic carbocycles. The van der Waals surface area contributed by atoms with Gasteiger partial charge in [0.25, 0.3) is 0 Å². The van der Waals surface area contributed by atoms with Crippen LogP contribution in [0.25, 0.3) is 5.69 Å². The lowest BCUT2D eigenvalue weighted by atomic mass is 9.97. The summed E-state index contributed by atoms with van der Waals surface area (Å²) in [5, 5.41) is 16.5. The van der Waals surface area contributed by atoms with Gasteiger partial charge in [-0.1, -0.05) is 12.1 Å². The fourth-order valence-corrected chi connectivity index (χ4v) is 3.16. The molecule has 2 aromatic rings. The van der Waals surface area contributed by atoms with Crippen LogP contribution in [0.5, 0.6) is 0 Å². The number of aromatic nitrogens is 2. The maximum atomic E-state index is 12.6. The highest BCUT2D eigenvalue weighted by Gasteiger charge is 2.27. The Hall–Kier alpha value is -2.83. The minimum Gasteiger partial charge on any atom is -0.481 e. The van der Waals surface area contributed by atoms with Gasteiger partial charge in [0, 0.05) is 18.8 Å². The number of carboxylic acid groups (broad SMARTS) is 1. The maximum Gasteiger partial charge on any atom is 0.321 e. The molecule has 0 spiro atoms. The lowest BCUT2D eigenvalue weighted by Crippen LogP contribution is -2.42. The van der Waals surface area contributed by atoms with Crippen LogP contribution < -0.4 is 5.32 Å². The van der Waals surface area contributed by atoms with Gasteiger partial charge in [0.2, 0.25) is 0 Å². The van der Waals surface area contributed by atoms with Crippen molar-refractivity contribution in [1.82, 2.24) is 14.7 Å². The molecule has 7 nitrogen and oxygen atoms in total. The van der Waals surface area contributed by atoms with E-state index in [0.29, 0.717) is 31.6 Å². The molecule has 0 bridgehead atoms. The van der Waals surface area contributed by atoms with Gasteiger partial charge in [0.05, 0.1) is 23.0 Å². The van der Waals surface area contributed by atoms with Crippen molar-refractivity contribution in [3.63, 3.8) is 0 Å². The SMILES string of the molecule is Cc1cc(C)n(-c2ccccc2NC(=O)N2CCC(C(=O)O)CC2)n1. The first-order chi connectivity index (χ1) is 12.0. The van der Waals surface area contributed by atoms with E-state index in [1.807, 2.05) is 48.9 Å². The van der Waals surface area contributed by atoms with Crippen molar-refractivity contribution in [2.75, 3.05) is 18.4 Å².